The first-order valence-corrected chi connectivity index (χ1v) is 6.45. The number of amides is 1. The number of carbonyl (C=O) groups excluding carboxylic acids is 1. The zero-order chi connectivity index (χ0) is 14.1. The number of aromatic nitrogens is 2. The number of pyridine rings is 1. The van der Waals surface area contributed by atoms with E-state index in [9.17, 15) is 4.79 Å². The predicted octanol–water partition coefficient (Wildman–Crippen LogP) is 3.20. The fourth-order valence-electron chi connectivity index (χ4n) is 2.12. The molecule has 0 fully saturated rings. The summed E-state index contributed by atoms with van der Waals surface area (Å²) in [5.41, 5.74) is 4.45. The first-order chi connectivity index (χ1) is 9.63. The lowest BCUT2D eigenvalue weighted by Crippen LogP contribution is -2.13. The summed E-state index contributed by atoms with van der Waals surface area (Å²) in [6, 6.07) is 9.62. The van der Waals surface area contributed by atoms with Gasteiger partial charge in [-0.25, -0.2) is 4.98 Å². The maximum absolute atomic E-state index is 12.3. The fourth-order valence-corrected chi connectivity index (χ4v) is 2.12. The van der Waals surface area contributed by atoms with E-state index in [0.29, 0.717) is 5.56 Å². The molecule has 0 aliphatic rings. The Bertz CT molecular complexity index is 789. The fraction of sp³-hybridized carbons (Fsp3) is 0.125. The molecular formula is C16H15N3O. The average molecular weight is 265 g/mol. The van der Waals surface area contributed by atoms with Gasteiger partial charge in [0.1, 0.15) is 5.65 Å². The van der Waals surface area contributed by atoms with Crippen molar-refractivity contribution in [2.75, 3.05) is 5.32 Å². The molecule has 0 aliphatic heterocycles. The molecule has 1 amide bonds. The molecule has 1 aromatic carbocycles. The summed E-state index contributed by atoms with van der Waals surface area (Å²) in [6.45, 7) is 3.99. The number of carbonyl (C=O) groups is 1. The van der Waals surface area contributed by atoms with E-state index in [0.717, 1.165) is 22.5 Å². The Morgan fingerprint density at radius 3 is 2.90 bits per heavy atom. The third-order valence-corrected chi connectivity index (χ3v) is 3.29. The number of aryl methyl sites for hydroxylation is 2. The summed E-state index contributed by atoms with van der Waals surface area (Å²) in [4.78, 5) is 16.5. The van der Waals surface area contributed by atoms with Crippen LogP contribution in [0.5, 0.6) is 0 Å². The number of rotatable bonds is 2. The van der Waals surface area contributed by atoms with E-state index >= 15 is 0 Å². The van der Waals surface area contributed by atoms with Gasteiger partial charge in [0, 0.05) is 24.3 Å². The normalized spacial score (nSPS) is 10.7. The summed E-state index contributed by atoms with van der Waals surface area (Å²) in [7, 11) is 0. The van der Waals surface area contributed by atoms with Crippen molar-refractivity contribution in [2.24, 2.45) is 0 Å². The Kier molecular flexibility index (Phi) is 2.99. The van der Waals surface area contributed by atoms with Crippen molar-refractivity contribution in [3.63, 3.8) is 0 Å². The quantitative estimate of drug-likeness (QED) is 0.773. The summed E-state index contributed by atoms with van der Waals surface area (Å²) in [6.07, 6.45) is 5.31. The highest BCUT2D eigenvalue weighted by Gasteiger charge is 2.09. The van der Waals surface area contributed by atoms with Crippen molar-refractivity contribution in [2.45, 2.75) is 13.8 Å². The van der Waals surface area contributed by atoms with Crippen molar-refractivity contribution >= 4 is 17.2 Å². The second kappa shape index (κ2) is 4.81. The van der Waals surface area contributed by atoms with Crippen molar-refractivity contribution in [1.29, 1.82) is 0 Å². The number of anilines is 1. The molecule has 0 aliphatic carbocycles. The molecule has 1 N–H and O–H groups in total. The molecule has 20 heavy (non-hydrogen) atoms. The molecule has 100 valence electrons. The van der Waals surface area contributed by atoms with Gasteiger partial charge < -0.3 is 9.72 Å². The molecule has 0 bridgehead atoms. The zero-order valence-electron chi connectivity index (χ0n) is 11.4. The average Bonchev–Trinajstić information content (AvgIpc) is 2.90. The largest absolute Gasteiger partial charge is 0.322 e. The second-order valence-corrected chi connectivity index (χ2v) is 4.88. The van der Waals surface area contributed by atoms with Gasteiger partial charge in [-0.15, -0.1) is 0 Å². The standard InChI is InChI=1S/C16H15N3O/c1-11-3-4-12(2)14(9-11)18-16(20)13-5-6-15-17-7-8-19(15)10-13/h3-10H,1-2H3,(H,18,20). The van der Waals surface area contributed by atoms with Crippen LogP contribution in [0.3, 0.4) is 0 Å². The van der Waals surface area contributed by atoms with Crippen molar-refractivity contribution < 1.29 is 4.79 Å². The van der Waals surface area contributed by atoms with Gasteiger partial charge in [0.05, 0.1) is 5.56 Å². The molecule has 3 aromatic rings. The molecule has 0 radical (unpaired) electrons. The Hall–Kier alpha value is -2.62. The Labute approximate surface area is 117 Å². The smallest absolute Gasteiger partial charge is 0.257 e. The Morgan fingerprint density at radius 1 is 1.20 bits per heavy atom. The molecule has 3 rings (SSSR count). The highest BCUT2D eigenvalue weighted by atomic mass is 16.1. The third kappa shape index (κ3) is 2.28. The number of hydrogen-bond donors (Lipinski definition) is 1. The minimum Gasteiger partial charge on any atom is -0.322 e. The van der Waals surface area contributed by atoms with Crippen molar-refractivity contribution in [3.8, 4) is 0 Å². The first kappa shape index (κ1) is 12.4. The van der Waals surface area contributed by atoms with Crippen LogP contribution in [0.25, 0.3) is 5.65 Å². The SMILES string of the molecule is Cc1ccc(C)c(NC(=O)c2ccc3nccn3c2)c1. The summed E-state index contributed by atoms with van der Waals surface area (Å²) >= 11 is 0. The molecule has 0 saturated carbocycles. The maximum atomic E-state index is 12.3. The number of fused-ring (bicyclic) bond motifs is 1. The maximum Gasteiger partial charge on any atom is 0.257 e. The van der Waals surface area contributed by atoms with E-state index in [-0.39, 0.29) is 5.91 Å². The topological polar surface area (TPSA) is 46.4 Å². The van der Waals surface area contributed by atoms with Crippen LogP contribution >= 0.6 is 0 Å². The van der Waals surface area contributed by atoms with Gasteiger partial charge in [-0.2, -0.15) is 0 Å². The monoisotopic (exact) mass is 265 g/mol. The summed E-state index contributed by atoms with van der Waals surface area (Å²) in [5, 5.41) is 2.95. The van der Waals surface area contributed by atoms with Crippen molar-refractivity contribution in [3.05, 3.63) is 65.6 Å². The lowest BCUT2D eigenvalue weighted by Gasteiger charge is -2.09. The number of nitrogens with zero attached hydrogens (tertiary/aromatic N) is 2. The molecule has 4 heteroatoms. The Morgan fingerprint density at radius 2 is 2.05 bits per heavy atom. The molecule has 0 atom stereocenters. The number of nitrogens with one attached hydrogen (secondary N) is 1. The van der Waals surface area contributed by atoms with Gasteiger partial charge in [-0.3, -0.25) is 4.79 Å². The van der Waals surface area contributed by atoms with E-state index in [4.69, 9.17) is 0 Å². The molecule has 0 unspecified atom stereocenters. The highest BCUT2D eigenvalue weighted by molar-refractivity contribution is 6.04. The van der Waals surface area contributed by atoms with Gasteiger partial charge in [0.15, 0.2) is 0 Å². The number of benzene rings is 1. The van der Waals surface area contributed by atoms with Crippen LogP contribution in [0.4, 0.5) is 5.69 Å². The lowest BCUT2D eigenvalue weighted by molar-refractivity contribution is 0.102. The van der Waals surface area contributed by atoms with Gasteiger partial charge in [-0.1, -0.05) is 12.1 Å². The van der Waals surface area contributed by atoms with Gasteiger partial charge in [-0.05, 0) is 43.2 Å². The van der Waals surface area contributed by atoms with E-state index in [1.165, 1.54) is 0 Å². The van der Waals surface area contributed by atoms with E-state index < -0.39 is 0 Å². The van der Waals surface area contributed by atoms with Gasteiger partial charge in [0.25, 0.3) is 5.91 Å². The van der Waals surface area contributed by atoms with E-state index in [2.05, 4.69) is 10.3 Å². The van der Waals surface area contributed by atoms with Crippen LogP contribution in [-0.4, -0.2) is 15.3 Å². The van der Waals surface area contributed by atoms with Gasteiger partial charge in [0.2, 0.25) is 0 Å². The minimum absolute atomic E-state index is 0.116. The molecule has 0 spiro atoms. The van der Waals surface area contributed by atoms with Crippen LogP contribution in [0.2, 0.25) is 0 Å². The molecule has 2 aromatic heterocycles. The molecular weight excluding hydrogens is 250 g/mol. The zero-order valence-corrected chi connectivity index (χ0v) is 11.4. The van der Waals surface area contributed by atoms with Crippen LogP contribution in [0.1, 0.15) is 21.5 Å². The number of hydrogen-bond acceptors (Lipinski definition) is 2. The number of imidazole rings is 1. The second-order valence-electron chi connectivity index (χ2n) is 4.88. The van der Waals surface area contributed by atoms with Crippen LogP contribution in [0.15, 0.2) is 48.9 Å². The minimum atomic E-state index is -0.116. The van der Waals surface area contributed by atoms with Crippen LogP contribution in [-0.2, 0) is 0 Å². The third-order valence-electron chi connectivity index (χ3n) is 3.29. The van der Waals surface area contributed by atoms with Crippen LogP contribution < -0.4 is 5.32 Å². The molecule has 4 nitrogen and oxygen atoms in total. The molecule has 0 saturated heterocycles. The summed E-state index contributed by atoms with van der Waals surface area (Å²) in [5.74, 6) is -0.116. The lowest BCUT2D eigenvalue weighted by atomic mass is 10.1. The highest BCUT2D eigenvalue weighted by Crippen LogP contribution is 2.17. The summed E-state index contributed by atoms with van der Waals surface area (Å²) < 4.78 is 1.83. The van der Waals surface area contributed by atoms with Gasteiger partial charge >= 0.3 is 0 Å². The first-order valence-electron chi connectivity index (χ1n) is 6.45. The predicted molar refractivity (Wildman–Crippen MR) is 79.1 cm³/mol. The van der Waals surface area contributed by atoms with E-state index in [1.807, 2.05) is 48.7 Å². The Balaban J connectivity index is 1.90. The van der Waals surface area contributed by atoms with Crippen LogP contribution in [0, 0.1) is 13.8 Å². The van der Waals surface area contributed by atoms with E-state index in [1.54, 1.807) is 18.5 Å². The molecule has 2 heterocycles. The van der Waals surface area contributed by atoms with Crippen molar-refractivity contribution in [1.82, 2.24) is 9.38 Å².